The van der Waals surface area contributed by atoms with E-state index in [1.165, 1.54) is 20.3 Å². The quantitative estimate of drug-likeness (QED) is 0.663. The lowest BCUT2D eigenvalue weighted by atomic mass is 10.4. The molecule has 0 saturated heterocycles. The summed E-state index contributed by atoms with van der Waals surface area (Å²) in [5.74, 6) is 0.558. The zero-order chi connectivity index (χ0) is 14.3. The maximum Gasteiger partial charge on any atom is 0.274 e. The summed E-state index contributed by atoms with van der Waals surface area (Å²) in [6, 6.07) is 3.04. The molecule has 0 radical (unpaired) electrons. The van der Waals surface area contributed by atoms with Gasteiger partial charge >= 0.3 is 0 Å². The molecule has 0 bridgehead atoms. The number of rotatable bonds is 9. The Balaban J connectivity index is 2.64. The summed E-state index contributed by atoms with van der Waals surface area (Å²) in [6.07, 6.45) is -0.341. The van der Waals surface area contributed by atoms with Crippen molar-refractivity contribution in [2.24, 2.45) is 0 Å². The smallest absolute Gasteiger partial charge is 0.274 e. The van der Waals surface area contributed by atoms with Crippen molar-refractivity contribution < 1.29 is 22.3 Å². The normalized spacial score (nSPS) is 13.6. The molecular formula is C11H20N2O5S. The molecule has 0 aliphatic carbocycles. The third kappa shape index (κ3) is 4.92. The lowest BCUT2D eigenvalue weighted by Crippen LogP contribution is -2.35. The van der Waals surface area contributed by atoms with Crippen molar-refractivity contribution >= 4 is 10.0 Å². The number of ether oxygens (including phenoxy) is 2. The molecule has 7 nitrogen and oxygen atoms in total. The minimum Gasteiger partial charge on any atom is -0.447 e. The van der Waals surface area contributed by atoms with E-state index >= 15 is 0 Å². The average Bonchev–Trinajstić information content (AvgIpc) is 2.84. The highest BCUT2D eigenvalue weighted by atomic mass is 32.2. The fourth-order valence-corrected chi connectivity index (χ4v) is 2.45. The van der Waals surface area contributed by atoms with Crippen LogP contribution >= 0.6 is 0 Å². The van der Waals surface area contributed by atoms with Crippen molar-refractivity contribution in [1.29, 1.82) is 0 Å². The number of hydrogen-bond donors (Lipinski definition) is 2. The van der Waals surface area contributed by atoms with E-state index in [4.69, 9.17) is 13.9 Å². The van der Waals surface area contributed by atoms with Crippen molar-refractivity contribution in [3.63, 3.8) is 0 Å². The van der Waals surface area contributed by atoms with Crippen LogP contribution in [0.4, 0.5) is 0 Å². The summed E-state index contributed by atoms with van der Waals surface area (Å²) in [7, 11) is 1.11. The topological polar surface area (TPSA) is 89.8 Å². The van der Waals surface area contributed by atoms with Gasteiger partial charge in [0.25, 0.3) is 10.0 Å². The molecule has 1 aromatic rings. The fourth-order valence-electron chi connectivity index (χ4n) is 1.44. The first kappa shape index (κ1) is 16.1. The third-order valence-electron chi connectivity index (χ3n) is 2.44. The maximum atomic E-state index is 12.0. The molecule has 1 heterocycles. The highest BCUT2D eigenvalue weighted by Crippen LogP contribution is 2.13. The van der Waals surface area contributed by atoms with Crippen LogP contribution in [0, 0.1) is 0 Å². The molecule has 0 fully saturated rings. The van der Waals surface area contributed by atoms with Gasteiger partial charge in [-0.3, -0.25) is 0 Å². The van der Waals surface area contributed by atoms with Gasteiger partial charge in [0, 0.05) is 20.8 Å². The Hall–Kier alpha value is -0.930. The second-order valence-electron chi connectivity index (χ2n) is 3.92. The van der Waals surface area contributed by atoms with Crippen molar-refractivity contribution in [3.05, 3.63) is 17.9 Å². The molecule has 1 atom stereocenters. The van der Waals surface area contributed by atoms with Crippen LogP contribution < -0.4 is 10.0 Å². The first-order valence-electron chi connectivity index (χ1n) is 5.78. The van der Waals surface area contributed by atoms with Gasteiger partial charge in [0.15, 0.2) is 0 Å². The van der Waals surface area contributed by atoms with Crippen LogP contribution in [0.2, 0.25) is 0 Å². The minimum atomic E-state index is -3.66. The first-order valence-corrected chi connectivity index (χ1v) is 7.26. The SMILES string of the molecule is CNCc1ccc(S(=O)(=O)NCC(COC)OC)o1. The number of hydrogen-bond acceptors (Lipinski definition) is 6. The fraction of sp³-hybridized carbons (Fsp3) is 0.636. The summed E-state index contributed by atoms with van der Waals surface area (Å²) in [5.41, 5.74) is 0. The second kappa shape index (κ2) is 7.61. The van der Waals surface area contributed by atoms with Gasteiger partial charge in [0.2, 0.25) is 5.09 Å². The molecular weight excluding hydrogens is 272 g/mol. The van der Waals surface area contributed by atoms with Gasteiger partial charge in [-0.2, -0.15) is 0 Å². The largest absolute Gasteiger partial charge is 0.447 e. The molecule has 1 aromatic heterocycles. The summed E-state index contributed by atoms with van der Waals surface area (Å²) in [6.45, 7) is 0.900. The van der Waals surface area contributed by atoms with E-state index in [1.54, 1.807) is 13.1 Å². The summed E-state index contributed by atoms with van der Waals surface area (Å²) < 4.78 is 41.5. The minimum absolute atomic E-state index is 0.106. The standard InChI is InChI=1S/C11H20N2O5S/c1-12-6-9-4-5-11(18-9)19(14,15)13-7-10(17-3)8-16-2/h4-5,10,12-13H,6-8H2,1-3H3. The lowest BCUT2D eigenvalue weighted by Gasteiger charge is -2.14. The van der Waals surface area contributed by atoms with E-state index in [1.807, 2.05) is 0 Å². The monoisotopic (exact) mass is 292 g/mol. The number of nitrogens with one attached hydrogen (secondary N) is 2. The Morgan fingerprint density at radius 3 is 2.68 bits per heavy atom. The lowest BCUT2D eigenvalue weighted by molar-refractivity contribution is 0.0319. The Bertz CT molecular complexity index is 471. The van der Waals surface area contributed by atoms with E-state index in [2.05, 4.69) is 10.0 Å². The highest BCUT2D eigenvalue weighted by molar-refractivity contribution is 7.89. The molecule has 1 rings (SSSR count). The molecule has 0 amide bonds. The predicted octanol–water partition coefficient (Wildman–Crippen LogP) is -0.0613. The van der Waals surface area contributed by atoms with Crippen LogP contribution in [-0.4, -0.2) is 48.9 Å². The van der Waals surface area contributed by atoms with Crippen molar-refractivity contribution in [1.82, 2.24) is 10.0 Å². The number of methoxy groups -OCH3 is 2. The molecule has 0 aromatic carbocycles. The van der Waals surface area contributed by atoms with Crippen LogP contribution in [0.25, 0.3) is 0 Å². The number of furan rings is 1. The maximum absolute atomic E-state index is 12.0. The van der Waals surface area contributed by atoms with Crippen molar-refractivity contribution in [3.8, 4) is 0 Å². The van der Waals surface area contributed by atoms with E-state index in [0.29, 0.717) is 18.9 Å². The van der Waals surface area contributed by atoms with Gasteiger partial charge in [0.05, 0.1) is 19.3 Å². The summed E-state index contributed by atoms with van der Waals surface area (Å²) >= 11 is 0. The third-order valence-corrected chi connectivity index (χ3v) is 3.74. The average molecular weight is 292 g/mol. The van der Waals surface area contributed by atoms with Crippen LogP contribution in [0.1, 0.15) is 5.76 Å². The van der Waals surface area contributed by atoms with E-state index < -0.39 is 10.0 Å². The van der Waals surface area contributed by atoms with Crippen molar-refractivity contribution in [2.45, 2.75) is 17.7 Å². The van der Waals surface area contributed by atoms with Crippen LogP contribution in [0.5, 0.6) is 0 Å². The molecule has 2 N–H and O–H groups in total. The molecule has 110 valence electrons. The Kier molecular flexibility index (Phi) is 6.46. The zero-order valence-corrected chi connectivity index (χ0v) is 12.1. The Morgan fingerprint density at radius 2 is 2.11 bits per heavy atom. The highest BCUT2D eigenvalue weighted by Gasteiger charge is 2.20. The molecule has 0 spiro atoms. The summed E-state index contributed by atoms with van der Waals surface area (Å²) in [5, 5.41) is 2.77. The zero-order valence-electron chi connectivity index (χ0n) is 11.3. The Labute approximate surface area is 113 Å². The van der Waals surface area contributed by atoms with E-state index in [0.717, 1.165) is 0 Å². The van der Waals surface area contributed by atoms with Gasteiger partial charge in [-0.05, 0) is 19.2 Å². The molecule has 0 saturated carbocycles. The van der Waals surface area contributed by atoms with Gasteiger partial charge in [-0.1, -0.05) is 0 Å². The predicted molar refractivity (Wildman–Crippen MR) is 69.3 cm³/mol. The number of sulfonamides is 1. The van der Waals surface area contributed by atoms with Crippen molar-refractivity contribution in [2.75, 3.05) is 34.4 Å². The van der Waals surface area contributed by atoms with Gasteiger partial charge in [0.1, 0.15) is 5.76 Å². The van der Waals surface area contributed by atoms with Gasteiger partial charge in [-0.25, -0.2) is 13.1 Å². The first-order chi connectivity index (χ1) is 9.03. The van der Waals surface area contributed by atoms with Crippen LogP contribution in [0.15, 0.2) is 21.6 Å². The second-order valence-corrected chi connectivity index (χ2v) is 5.61. The van der Waals surface area contributed by atoms with Gasteiger partial charge in [-0.15, -0.1) is 0 Å². The van der Waals surface area contributed by atoms with E-state index in [9.17, 15) is 8.42 Å². The van der Waals surface area contributed by atoms with E-state index in [-0.39, 0.29) is 17.7 Å². The molecule has 1 unspecified atom stereocenters. The van der Waals surface area contributed by atoms with Crippen LogP contribution in [0.3, 0.4) is 0 Å². The molecule has 0 aliphatic rings. The summed E-state index contributed by atoms with van der Waals surface area (Å²) in [4.78, 5) is 0. The molecule has 0 aliphatic heterocycles. The van der Waals surface area contributed by atoms with Gasteiger partial charge < -0.3 is 19.2 Å². The van der Waals surface area contributed by atoms with Crippen LogP contribution in [-0.2, 0) is 26.0 Å². The Morgan fingerprint density at radius 1 is 1.37 bits per heavy atom. The molecule has 8 heteroatoms. The molecule has 19 heavy (non-hydrogen) atoms.